The summed E-state index contributed by atoms with van der Waals surface area (Å²) in [5.74, 6) is 2.48. The van der Waals surface area contributed by atoms with Gasteiger partial charge in [-0.25, -0.2) is 4.98 Å². The van der Waals surface area contributed by atoms with Crippen molar-refractivity contribution in [1.82, 2.24) is 15.3 Å². The molecule has 1 aliphatic heterocycles. The average Bonchev–Trinajstić information content (AvgIpc) is 2.82. The van der Waals surface area contributed by atoms with E-state index in [2.05, 4.69) is 15.3 Å². The Balaban J connectivity index is 0.000000902. The zero-order valence-electron chi connectivity index (χ0n) is 10.8. The van der Waals surface area contributed by atoms with Crippen molar-refractivity contribution in [2.45, 2.75) is 18.8 Å². The molecule has 6 heteroatoms. The fourth-order valence-corrected chi connectivity index (χ4v) is 2.41. The Hall–Kier alpha value is -0.970. The largest absolute Gasteiger partial charge is 0.497 e. The van der Waals surface area contributed by atoms with Crippen LogP contribution in [0.5, 0.6) is 5.75 Å². The number of ether oxygens (including phenoxy) is 1. The molecule has 2 N–H and O–H groups in total. The molecule has 19 heavy (non-hydrogen) atoms. The summed E-state index contributed by atoms with van der Waals surface area (Å²) in [6.45, 7) is 2.15. The number of methoxy groups -OCH3 is 1. The Morgan fingerprint density at radius 2 is 2.16 bits per heavy atom. The van der Waals surface area contributed by atoms with Gasteiger partial charge >= 0.3 is 0 Å². The highest BCUT2D eigenvalue weighted by atomic mass is 35.5. The van der Waals surface area contributed by atoms with Crippen LogP contribution in [-0.2, 0) is 0 Å². The first-order valence-corrected chi connectivity index (χ1v) is 6.11. The van der Waals surface area contributed by atoms with E-state index >= 15 is 0 Å². The summed E-state index contributed by atoms with van der Waals surface area (Å²) in [5.41, 5.74) is 2.08. The van der Waals surface area contributed by atoms with Gasteiger partial charge in [-0.15, -0.1) is 24.8 Å². The molecule has 1 fully saturated rings. The van der Waals surface area contributed by atoms with Crippen LogP contribution >= 0.6 is 24.8 Å². The second-order valence-electron chi connectivity index (χ2n) is 4.55. The number of nitrogens with zero attached hydrogens (tertiary/aromatic N) is 1. The van der Waals surface area contributed by atoms with Gasteiger partial charge in [-0.3, -0.25) is 0 Å². The molecule has 0 radical (unpaired) electrons. The quantitative estimate of drug-likeness (QED) is 0.897. The molecule has 0 spiro atoms. The first kappa shape index (κ1) is 16.1. The molecule has 1 aromatic carbocycles. The van der Waals surface area contributed by atoms with Gasteiger partial charge in [-0.05, 0) is 31.5 Å². The van der Waals surface area contributed by atoms with Crippen molar-refractivity contribution in [2.24, 2.45) is 0 Å². The second kappa shape index (κ2) is 6.98. The number of aromatic amines is 1. The number of H-pyrrole nitrogens is 1. The summed E-state index contributed by atoms with van der Waals surface area (Å²) in [5, 5.41) is 3.42. The molecule has 1 unspecified atom stereocenters. The number of hydrogen-bond acceptors (Lipinski definition) is 3. The van der Waals surface area contributed by atoms with Crippen molar-refractivity contribution in [3.05, 3.63) is 24.0 Å². The van der Waals surface area contributed by atoms with Crippen molar-refractivity contribution in [3.63, 3.8) is 0 Å². The van der Waals surface area contributed by atoms with Crippen molar-refractivity contribution in [2.75, 3.05) is 20.2 Å². The van der Waals surface area contributed by atoms with Gasteiger partial charge in [0.25, 0.3) is 0 Å². The summed E-state index contributed by atoms with van der Waals surface area (Å²) < 4.78 is 5.22. The minimum Gasteiger partial charge on any atom is -0.497 e. The molecule has 106 valence electrons. The predicted molar refractivity (Wildman–Crippen MR) is 82.0 cm³/mol. The molecule has 0 bridgehead atoms. The highest BCUT2D eigenvalue weighted by molar-refractivity contribution is 5.85. The fraction of sp³-hybridized carbons (Fsp3) is 0.462. The molecule has 1 aromatic heterocycles. The van der Waals surface area contributed by atoms with Gasteiger partial charge in [-0.2, -0.15) is 0 Å². The lowest BCUT2D eigenvalue weighted by molar-refractivity contribution is 0.415. The van der Waals surface area contributed by atoms with Gasteiger partial charge < -0.3 is 15.0 Å². The van der Waals surface area contributed by atoms with Gasteiger partial charge in [0.1, 0.15) is 11.6 Å². The highest BCUT2D eigenvalue weighted by Gasteiger charge is 2.18. The standard InChI is InChI=1S/C13H17N3O.2ClH/c1-17-10-4-5-11-12(7-10)16-13(15-11)9-3-2-6-14-8-9;;/h4-5,7,9,14H,2-3,6,8H2,1H3,(H,15,16);2*1H. The van der Waals surface area contributed by atoms with Crippen molar-refractivity contribution < 1.29 is 4.74 Å². The Morgan fingerprint density at radius 3 is 2.84 bits per heavy atom. The Morgan fingerprint density at radius 1 is 1.32 bits per heavy atom. The molecular formula is C13H19Cl2N3O. The summed E-state index contributed by atoms with van der Waals surface area (Å²) in [7, 11) is 1.68. The van der Waals surface area contributed by atoms with Crippen LogP contribution in [0.2, 0.25) is 0 Å². The van der Waals surface area contributed by atoms with Crippen LogP contribution < -0.4 is 10.1 Å². The number of halogens is 2. The van der Waals surface area contributed by atoms with Gasteiger partial charge in [0.05, 0.1) is 18.1 Å². The second-order valence-corrected chi connectivity index (χ2v) is 4.55. The van der Waals surface area contributed by atoms with E-state index in [1.807, 2.05) is 18.2 Å². The first-order valence-electron chi connectivity index (χ1n) is 6.11. The fourth-order valence-electron chi connectivity index (χ4n) is 2.41. The van der Waals surface area contributed by atoms with Gasteiger partial charge in [0.15, 0.2) is 0 Å². The van der Waals surface area contributed by atoms with Crippen LogP contribution in [0.3, 0.4) is 0 Å². The van der Waals surface area contributed by atoms with E-state index < -0.39 is 0 Å². The topological polar surface area (TPSA) is 49.9 Å². The zero-order valence-corrected chi connectivity index (χ0v) is 12.4. The lowest BCUT2D eigenvalue weighted by atomic mass is 9.99. The minimum atomic E-state index is 0. The van der Waals surface area contributed by atoms with Crippen molar-refractivity contribution in [3.8, 4) is 5.75 Å². The van der Waals surface area contributed by atoms with Crippen LogP contribution in [0.25, 0.3) is 11.0 Å². The molecule has 2 heterocycles. The zero-order chi connectivity index (χ0) is 11.7. The number of rotatable bonds is 2. The van der Waals surface area contributed by atoms with E-state index in [0.717, 1.165) is 35.7 Å². The van der Waals surface area contributed by atoms with E-state index in [1.54, 1.807) is 7.11 Å². The third-order valence-electron chi connectivity index (χ3n) is 3.39. The van der Waals surface area contributed by atoms with Crippen LogP contribution in [0.4, 0.5) is 0 Å². The Kier molecular flexibility index (Phi) is 5.91. The lowest BCUT2D eigenvalue weighted by Gasteiger charge is -2.20. The summed E-state index contributed by atoms with van der Waals surface area (Å²) in [6.07, 6.45) is 2.44. The van der Waals surface area contributed by atoms with Crippen molar-refractivity contribution in [1.29, 1.82) is 0 Å². The molecule has 3 rings (SSSR count). The predicted octanol–water partition coefficient (Wildman–Crippen LogP) is 2.88. The molecule has 2 aromatic rings. The van der Waals surface area contributed by atoms with Crippen LogP contribution in [0.1, 0.15) is 24.6 Å². The Labute approximate surface area is 125 Å². The molecule has 4 nitrogen and oxygen atoms in total. The van der Waals surface area contributed by atoms with Gasteiger partial charge in [0.2, 0.25) is 0 Å². The smallest absolute Gasteiger partial charge is 0.121 e. The SMILES string of the molecule is COc1ccc2nc(C3CCCNC3)[nH]c2c1.Cl.Cl. The lowest BCUT2D eigenvalue weighted by Crippen LogP contribution is -2.28. The molecule has 0 amide bonds. The molecule has 0 aliphatic carbocycles. The van der Waals surface area contributed by atoms with Gasteiger partial charge in [-0.1, -0.05) is 0 Å². The Bertz CT molecular complexity index is 524. The number of aromatic nitrogens is 2. The van der Waals surface area contributed by atoms with E-state index in [-0.39, 0.29) is 24.8 Å². The number of nitrogens with one attached hydrogen (secondary N) is 2. The van der Waals surface area contributed by atoms with Crippen LogP contribution in [-0.4, -0.2) is 30.2 Å². The van der Waals surface area contributed by atoms with Crippen LogP contribution in [0.15, 0.2) is 18.2 Å². The normalized spacial score (nSPS) is 18.5. The van der Waals surface area contributed by atoms with Crippen molar-refractivity contribution >= 4 is 35.8 Å². The summed E-state index contributed by atoms with van der Waals surface area (Å²) >= 11 is 0. The number of imidazole rings is 1. The maximum Gasteiger partial charge on any atom is 0.121 e. The van der Waals surface area contributed by atoms with E-state index in [9.17, 15) is 0 Å². The monoisotopic (exact) mass is 303 g/mol. The third kappa shape index (κ3) is 3.32. The van der Waals surface area contributed by atoms with Gasteiger partial charge in [0, 0.05) is 18.5 Å². The van der Waals surface area contributed by atoms with E-state index in [4.69, 9.17) is 4.74 Å². The third-order valence-corrected chi connectivity index (χ3v) is 3.39. The highest BCUT2D eigenvalue weighted by Crippen LogP contribution is 2.25. The average molecular weight is 304 g/mol. The number of fused-ring (bicyclic) bond motifs is 1. The molecule has 0 saturated carbocycles. The van der Waals surface area contributed by atoms with E-state index in [0.29, 0.717) is 5.92 Å². The summed E-state index contributed by atoms with van der Waals surface area (Å²) in [4.78, 5) is 8.07. The molecular weight excluding hydrogens is 285 g/mol. The number of benzene rings is 1. The molecule has 1 atom stereocenters. The summed E-state index contributed by atoms with van der Waals surface area (Å²) in [6, 6.07) is 5.96. The maximum absolute atomic E-state index is 5.22. The molecule has 1 aliphatic rings. The number of hydrogen-bond donors (Lipinski definition) is 2. The van der Waals surface area contributed by atoms with E-state index in [1.165, 1.54) is 12.8 Å². The minimum absolute atomic E-state index is 0. The number of piperidine rings is 1. The first-order chi connectivity index (χ1) is 8.36. The van der Waals surface area contributed by atoms with Crippen LogP contribution in [0, 0.1) is 0 Å². The molecule has 1 saturated heterocycles. The maximum atomic E-state index is 5.22.